The van der Waals surface area contributed by atoms with E-state index in [-0.39, 0.29) is 27.0 Å². The zero-order chi connectivity index (χ0) is 23.3. The molecule has 2 aromatic carbocycles. The van der Waals surface area contributed by atoms with E-state index in [2.05, 4.69) is 10.4 Å². The van der Waals surface area contributed by atoms with Crippen molar-refractivity contribution in [2.24, 2.45) is 0 Å². The number of halogens is 6. The predicted molar refractivity (Wildman–Crippen MR) is 112 cm³/mol. The standard InChI is InChI=1S/C21H13ClF5N3OS/c1-8-19(28-21(31)20-13(22)10-5-3-4-6-12(10)32-20)9(2)30(29-8)7-11-14(23)16(25)18(27)17(26)15(11)24/h3-6H,7H2,1-2H3,(H,28,31). The minimum atomic E-state index is -2.23. The topological polar surface area (TPSA) is 46.9 Å². The van der Waals surface area contributed by atoms with Crippen molar-refractivity contribution in [1.29, 1.82) is 0 Å². The summed E-state index contributed by atoms with van der Waals surface area (Å²) in [6.07, 6.45) is 0. The van der Waals surface area contributed by atoms with E-state index in [4.69, 9.17) is 11.6 Å². The summed E-state index contributed by atoms with van der Waals surface area (Å²) in [4.78, 5) is 13.1. The van der Waals surface area contributed by atoms with Crippen molar-refractivity contribution in [2.75, 3.05) is 5.32 Å². The fourth-order valence-corrected chi connectivity index (χ4v) is 4.71. The fourth-order valence-electron chi connectivity index (χ4n) is 3.30. The van der Waals surface area contributed by atoms with Crippen molar-refractivity contribution in [3.8, 4) is 0 Å². The molecule has 0 aliphatic rings. The maximum Gasteiger partial charge on any atom is 0.267 e. The Labute approximate surface area is 187 Å². The summed E-state index contributed by atoms with van der Waals surface area (Å²) >= 11 is 7.52. The quantitative estimate of drug-likeness (QED) is 0.207. The van der Waals surface area contributed by atoms with Gasteiger partial charge in [0.25, 0.3) is 5.91 Å². The van der Waals surface area contributed by atoms with Crippen molar-refractivity contribution in [2.45, 2.75) is 20.4 Å². The zero-order valence-electron chi connectivity index (χ0n) is 16.5. The average molecular weight is 486 g/mol. The molecule has 2 heterocycles. The number of hydrogen-bond acceptors (Lipinski definition) is 3. The first-order valence-corrected chi connectivity index (χ1v) is 10.3. The van der Waals surface area contributed by atoms with Gasteiger partial charge >= 0.3 is 0 Å². The lowest BCUT2D eigenvalue weighted by atomic mass is 10.1. The fraction of sp³-hybridized carbons (Fsp3) is 0.143. The third-order valence-corrected chi connectivity index (χ3v) is 6.64. The van der Waals surface area contributed by atoms with Gasteiger partial charge in [-0.25, -0.2) is 22.0 Å². The van der Waals surface area contributed by atoms with E-state index >= 15 is 0 Å². The number of carbonyl (C=O) groups is 1. The largest absolute Gasteiger partial charge is 0.318 e. The molecule has 4 rings (SSSR count). The van der Waals surface area contributed by atoms with Crippen LogP contribution in [0, 0.1) is 42.9 Å². The van der Waals surface area contributed by atoms with Crippen LogP contribution in [0.15, 0.2) is 24.3 Å². The molecule has 0 aliphatic carbocycles. The number of rotatable bonds is 4. The predicted octanol–water partition coefficient (Wildman–Crippen LogP) is 6.36. The summed E-state index contributed by atoms with van der Waals surface area (Å²) in [6, 6.07) is 7.21. The molecule has 4 aromatic rings. The van der Waals surface area contributed by atoms with Gasteiger partial charge in [-0.15, -0.1) is 11.3 Å². The van der Waals surface area contributed by atoms with E-state index in [0.717, 1.165) is 14.8 Å². The van der Waals surface area contributed by atoms with Gasteiger partial charge in [-0.2, -0.15) is 5.10 Å². The molecule has 1 amide bonds. The number of anilines is 1. The van der Waals surface area contributed by atoms with E-state index in [1.165, 1.54) is 25.2 Å². The Bertz CT molecular complexity index is 1370. The molecule has 2 aromatic heterocycles. The summed E-state index contributed by atoms with van der Waals surface area (Å²) in [5, 5.41) is 7.76. The van der Waals surface area contributed by atoms with Crippen molar-refractivity contribution >= 4 is 44.6 Å². The number of benzene rings is 2. The lowest BCUT2D eigenvalue weighted by molar-refractivity contribution is 0.103. The average Bonchev–Trinajstić information content (AvgIpc) is 3.25. The molecule has 0 saturated heterocycles. The first-order chi connectivity index (χ1) is 15.1. The molecule has 166 valence electrons. The molecule has 11 heteroatoms. The van der Waals surface area contributed by atoms with E-state index in [9.17, 15) is 26.7 Å². The van der Waals surface area contributed by atoms with E-state index in [1.54, 1.807) is 12.1 Å². The second kappa shape index (κ2) is 8.18. The smallest absolute Gasteiger partial charge is 0.267 e. The Balaban J connectivity index is 1.67. The number of nitrogens with zero attached hydrogens (tertiary/aromatic N) is 2. The van der Waals surface area contributed by atoms with Crippen LogP contribution in [0.3, 0.4) is 0 Å². The summed E-state index contributed by atoms with van der Waals surface area (Å²) < 4.78 is 70.3. The Hall–Kier alpha value is -2.98. The monoisotopic (exact) mass is 485 g/mol. The van der Waals surface area contributed by atoms with Crippen LogP contribution in [-0.2, 0) is 6.54 Å². The number of carbonyl (C=O) groups excluding carboxylic acids is 1. The number of hydrogen-bond donors (Lipinski definition) is 1. The second-order valence-corrected chi connectivity index (χ2v) is 8.38. The summed E-state index contributed by atoms with van der Waals surface area (Å²) in [5.41, 5.74) is -0.237. The van der Waals surface area contributed by atoms with Gasteiger partial charge in [0.2, 0.25) is 5.82 Å². The van der Waals surface area contributed by atoms with Gasteiger partial charge in [0.1, 0.15) is 4.88 Å². The van der Waals surface area contributed by atoms with Crippen LogP contribution in [0.4, 0.5) is 27.6 Å². The van der Waals surface area contributed by atoms with Crippen LogP contribution in [0.1, 0.15) is 26.6 Å². The Kier molecular flexibility index (Phi) is 5.68. The minimum Gasteiger partial charge on any atom is -0.318 e. The molecule has 0 spiro atoms. The lowest BCUT2D eigenvalue weighted by Gasteiger charge is -2.10. The first kappa shape index (κ1) is 22.2. The van der Waals surface area contributed by atoms with Gasteiger partial charge < -0.3 is 5.32 Å². The Morgan fingerprint density at radius 3 is 2.25 bits per heavy atom. The zero-order valence-corrected chi connectivity index (χ0v) is 18.1. The third kappa shape index (κ3) is 3.53. The number of amides is 1. The van der Waals surface area contributed by atoms with Gasteiger partial charge in [0, 0.05) is 10.1 Å². The Morgan fingerprint density at radius 2 is 1.62 bits per heavy atom. The van der Waals surface area contributed by atoms with E-state index in [1.807, 2.05) is 12.1 Å². The van der Waals surface area contributed by atoms with E-state index < -0.39 is 47.1 Å². The third-order valence-electron chi connectivity index (χ3n) is 4.97. The molecular formula is C21H13ClF5N3OS. The van der Waals surface area contributed by atoms with Crippen LogP contribution in [0.25, 0.3) is 10.1 Å². The number of fused-ring (bicyclic) bond motifs is 1. The van der Waals surface area contributed by atoms with E-state index in [0.29, 0.717) is 0 Å². The highest BCUT2D eigenvalue weighted by atomic mass is 35.5. The minimum absolute atomic E-state index is 0.243. The summed E-state index contributed by atoms with van der Waals surface area (Å²) in [5.74, 6) is -10.7. The van der Waals surface area contributed by atoms with Crippen molar-refractivity contribution in [3.63, 3.8) is 0 Å². The van der Waals surface area contributed by atoms with Gasteiger partial charge in [-0.1, -0.05) is 29.8 Å². The van der Waals surface area contributed by atoms with Crippen LogP contribution < -0.4 is 5.32 Å². The van der Waals surface area contributed by atoms with Gasteiger partial charge in [0.05, 0.1) is 34.2 Å². The summed E-state index contributed by atoms with van der Waals surface area (Å²) in [6.45, 7) is 2.30. The molecule has 0 bridgehead atoms. The number of aromatic nitrogens is 2. The van der Waals surface area contributed by atoms with Crippen LogP contribution >= 0.6 is 22.9 Å². The van der Waals surface area contributed by atoms with Gasteiger partial charge in [-0.3, -0.25) is 9.48 Å². The number of nitrogens with one attached hydrogen (secondary N) is 1. The van der Waals surface area contributed by atoms with Crippen molar-refractivity contribution in [1.82, 2.24) is 9.78 Å². The lowest BCUT2D eigenvalue weighted by Crippen LogP contribution is -2.14. The van der Waals surface area contributed by atoms with Crippen LogP contribution in [0.5, 0.6) is 0 Å². The first-order valence-electron chi connectivity index (χ1n) is 9.14. The van der Waals surface area contributed by atoms with Gasteiger partial charge in [0.15, 0.2) is 23.3 Å². The molecular weight excluding hydrogens is 473 g/mol. The van der Waals surface area contributed by atoms with Crippen LogP contribution in [0.2, 0.25) is 5.02 Å². The molecule has 1 N–H and O–H groups in total. The SMILES string of the molecule is Cc1nn(Cc2c(F)c(F)c(F)c(F)c2F)c(C)c1NC(=O)c1sc2ccccc2c1Cl. The summed E-state index contributed by atoms with van der Waals surface area (Å²) in [7, 11) is 0. The number of thiophene rings is 1. The normalized spacial score (nSPS) is 11.4. The molecule has 0 atom stereocenters. The molecule has 0 fully saturated rings. The van der Waals surface area contributed by atoms with Crippen LogP contribution in [-0.4, -0.2) is 15.7 Å². The maximum atomic E-state index is 14.1. The molecule has 4 nitrogen and oxygen atoms in total. The highest BCUT2D eigenvalue weighted by Gasteiger charge is 2.27. The van der Waals surface area contributed by atoms with Gasteiger partial charge in [-0.05, 0) is 19.9 Å². The van der Waals surface area contributed by atoms with Crippen molar-refractivity contribution < 1.29 is 26.7 Å². The van der Waals surface area contributed by atoms with Crippen molar-refractivity contribution in [3.05, 3.63) is 80.2 Å². The molecule has 0 saturated carbocycles. The molecule has 32 heavy (non-hydrogen) atoms. The molecule has 0 radical (unpaired) electrons. The molecule has 0 aliphatic heterocycles. The maximum absolute atomic E-state index is 14.1. The Morgan fingerprint density at radius 1 is 1.03 bits per heavy atom. The molecule has 0 unspecified atom stereocenters. The second-order valence-electron chi connectivity index (χ2n) is 6.95. The highest BCUT2D eigenvalue weighted by molar-refractivity contribution is 7.21. The number of aryl methyl sites for hydroxylation is 1. The highest BCUT2D eigenvalue weighted by Crippen LogP contribution is 2.36.